The SMILES string of the molecule is CCCOC(=O)C(c1cc(-c2ccc(C)cc2C(F)(F)F)no1)n1cc2nc(-c3ccccc3F)nc-2cn1. The van der Waals surface area contributed by atoms with E-state index in [4.69, 9.17) is 9.26 Å². The predicted molar refractivity (Wildman–Crippen MR) is 131 cm³/mol. The maximum Gasteiger partial charge on any atom is 0.417 e. The van der Waals surface area contributed by atoms with Gasteiger partial charge in [0, 0.05) is 11.6 Å². The summed E-state index contributed by atoms with van der Waals surface area (Å²) in [5, 5.41) is 8.07. The number of aryl methyl sites for hydroxylation is 1. The zero-order chi connectivity index (χ0) is 27.7. The van der Waals surface area contributed by atoms with E-state index in [9.17, 15) is 22.4 Å². The molecule has 0 bridgehead atoms. The summed E-state index contributed by atoms with van der Waals surface area (Å²) in [6.45, 7) is 3.46. The maximum atomic E-state index is 14.3. The third-order valence-electron chi connectivity index (χ3n) is 5.89. The van der Waals surface area contributed by atoms with E-state index in [-0.39, 0.29) is 35.0 Å². The number of hydrogen-bond acceptors (Lipinski definition) is 7. The monoisotopic (exact) mass is 539 g/mol. The summed E-state index contributed by atoms with van der Waals surface area (Å²) in [5.74, 6) is -1.22. The van der Waals surface area contributed by atoms with Crippen LogP contribution in [0.5, 0.6) is 0 Å². The van der Waals surface area contributed by atoms with Gasteiger partial charge in [-0.1, -0.05) is 41.9 Å². The smallest absolute Gasteiger partial charge is 0.417 e. The third kappa shape index (κ3) is 5.22. The van der Waals surface area contributed by atoms with Crippen LogP contribution in [0, 0.1) is 12.7 Å². The number of hydrogen-bond donors (Lipinski definition) is 0. The molecule has 8 nitrogen and oxygen atoms in total. The van der Waals surface area contributed by atoms with E-state index in [0.717, 1.165) is 6.07 Å². The molecule has 0 N–H and O–H groups in total. The van der Waals surface area contributed by atoms with E-state index in [1.54, 1.807) is 19.1 Å². The molecule has 39 heavy (non-hydrogen) atoms. The third-order valence-corrected chi connectivity index (χ3v) is 5.89. The van der Waals surface area contributed by atoms with Crippen LogP contribution >= 0.6 is 0 Å². The maximum absolute atomic E-state index is 14.3. The van der Waals surface area contributed by atoms with Crippen molar-refractivity contribution in [3.05, 3.63) is 83.6 Å². The summed E-state index contributed by atoms with van der Waals surface area (Å²) in [6, 6.07) is 9.78. The fourth-order valence-electron chi connectivity index (χ4n) is 4.04. The largest absolute Gasteiger partial charge is 0.464 e. The Balaban J connectivity index is 1.57. The van der Waals surface area contributed by atoms with Gasteiger partial charge in [0.15, 0.2) is 11.6 Å². The number of alkyl halides is 3. The zero-order valence-electron chi connectivity index (χ0n) is 20.7. The second-order valence-electron chi connectivity index (χ2n) is 8.78. The highest BCUT2D eigenvalue weighted by Gasteiger charge is 2.36. The van der Waals surface area contributed by atoms with Crippen molar-refractivity contribution >= 4 is 5.97 Å². The molecule has 0 radical (unpaired) electrons. The lowest BCUT2D eigenvalue weighted by molar-refractivity contribution is -0.147. The second-order valence-corrected chi connectivity index (χ2v) is 8.78. The van der Waals surface area contributed by atoms with Gasteiger partial charge in [0.2, 0.25) is 6.04 Å². The average molecular weight is 539 g/mol. The first-order valence-electron chi connectivity index (χ1n) is 11.9. The molecule has 1 atom stereocenters. The molecule has 0 amide bonds. The van der Waals surface area contributed by atoms with Gasteiger partial charge < -0.3 is 9.26 Å². The van der Waals surface area contributed by atoms with E-state index in [0.29, 0.717) is 23.4 Å². The van der Waals surface area contributed by atoms with Crippen LogP contribution in [-0.2, 0) is 15.7 Å². The van der Waals surface area contributed by atoms with Gasteiger partial charge in [0.1, 0.15) is 22.9 Å². The van der Waals surface area contributed by atoms with Gasteiger partial charge in [-0.05, 0) is 31.5 Å². The molecule has 2 aromatic carbocycles. The minimum absolute atomic E-state index is 0.0921. The van der Waals surface area contributed by atoms with Crippen molar-refractivity contribution in [2.45, 2.75) is 32.5 Å². The Morgan fingerprint density at radius 1 is 1.05 bits per heavy atom. The van der Waals surface area contributed by atoms with Crippen molar-refractivity contribution in [2.24, 2.45) is 0 Å². The average Bonchev–Trinajstić information content (AvgIpc) is 3.55. The highest BCUT2D eigenvalue weighted by atomic mass is 19.4. The summed E-state index contributed by atoms with van der Waals surface area (Å²) < 4.78 is 67.3. The van der Waals surface area contributed by atoms with E-state index in [1.807, 2.05) is 6.92 Å². The molecule has 0 saturated heterocycles. The lowest BCUT2D eigenvalue weighted by Crippen LogP contribution is -2.25. The molecule has 3 heterocycles. The van der Waals surface area contributed by atoms with Crippen molar-refractivity contribution < 1.29 is 31.6 Å². The number of benzene rings is 2. The van der Waals surface area contributed by atoms with Gasteiger partial charge in [-0.15, -0.1) is 0 Å². The Morgan fingerprint density at radius 2 is 1.82 bits per heavy atom. The first-order chi connectivity index (χ1) is 18.7. The Labute approximate surface area is 219 Å². The van der Waals surface area contributed by atoms with Crippen molar-refractivity contribution in [1.82, 2.24) is 24.9 Å². The van der Waals surface area contributed by atoms with Crippen LogP contribution in [0.15, 0.2) is 65.4 Å². The van der Waals surface area contributed by atoms with Gasteiger partial charge in [-0.3, -0.25) is 0 Å². The second kappa shape index (κ2) is 10.3. The first-order valence-corrected chi connectivity index (χ1v) is 11.9. The van der Waals surface area contributed by atoms with Crippen molar-refractivity contribution in [1.29, 1.82) is 0 Å². The highest BCUT2D eigenvalue weighted by Crippen LogP contribution is 2.38. The van der Waals surface area contributed by atoms with Gasteiger partial charge in [0.25, 0.3) is 0 Å². The lowest BCUT2D eigenvalue weighted by Gasteiger charge is -2.16. The minimum atomic E-state index is -4.63. The number of esters is 1. The molecule has 1 unspecified atom stereocenters. The van der Waals surface area contributed by atoms with Crippen LogP contribution < -0.4 is 0 Å². The molecule has 1 aromatic heterocycles. The molecule has 200 valence electrons. The van der Waals surface area contributed by atoms with Gasteiger partial charge in [-0.25, -0.2) is 23.8 Å². The van der Waals surface area contributed by atoms with Gasteiger partial charge in [0.05, 0.1) is 30.1 Å². The molecule has 2 aliphatic rings. The molecule has 0 fully saturated rings. The lowest BCUT2D eigenvalue weighted by atomic mass is 10.0. The molecule has 2 aliphatic heterocycles. The Hall–Kier alpha value is -4.61. The fourth-order valence-corrected chi connectivity index (χ4v) is 4.04. The van der Waals surface area contributed by atoms with E-state index < -0.39 is 29.6 Å². The highest BCUT2D eigenvalue weighted by molar-refractivity contribution is 5.78. The number of carbonyl (C=O) groups is 1. The van der Waals surface area contributed by atoms with Crippen molar-refractivity contribution in [2.75, 3.05) is 6.61 Å². The van der Waals surface area contributed by atoms with Gasteiger partial charge >= 0.3 is 12.1 Å². The minimum Gasteiger partial charge on any atom is -0.464 e. The number of imidazole rings is 1. The van der Waals surface area contributed by atoms with E-state index >= 15 is 0 Å². The van der Waals surface area contributed by atoms with Crippen LogP contribution in [0.4, 0.5) is 17.6 Å². The standard InChI is InChI=1S/C27H21F4N5O3/c1-3-10-38-26(37)24(23-12-20(35-39-23)16-9-8-15(2)11-18(16)27(29,30)31)36-14-22-21(13-32-36)33-25(34-22)17-6-4-5-7-19(17)28/h4-9,11-14,24H,3,10H2,1-2H3. The molecule has 0 spiro atoms. The quantitative estimate of drug-likeness (QED) is 0.182. The number of carbonyl (C=O) groups excluding carboxylic acids is 1. The van der Waals surface area contributed by atoms with Crippen LogP contribution in [0.25, 0.3) is 34.0 Å². The van der Waals surface area contributed by atoms with Crippen molar-refractivity contribution in [3.63, 3.8) is 0 Å². The summed E-state index contributed by atoms with van der Waals surface area (Å²) in [5.41, 5.74) is 0.0716. The van der Waals surface area contributed by atoms with Gasteiger partial charge in [-0.2, -0.15) is 18.3 Å². The molecule has 0 saturated carbocycles. The molecular formula is C27H21F4N5O3. The Bertz CT molecular complexity index is 1610. The number of fused-ring (bicyclic) bond motifs is 1. The van der Waals surface area contributed by atoms with E-state index in [2.05, 4.69) is 20.2 Å². The molecule has 12 heteroatoms. The number of nitrogens with zero attached hydrogens (tertiary/aromatic N) is 5. The summed E-state index contributed by atoms with van der Waals surface area (Å²) in [6.07, 6.45) is -1.35. The Kier molecular flexibility index (Phi) is 6.85. The van der Waals surface area contributed by atoms with Crippen LogP contribution in [0.1, 0.15) is 36.3 Å². The fraction of sp³-hybridized carbons (Fsp3) is 0.222. The zero-order valence-corrected chi connectivity index (χ0v) is 20.7. The summed E-state index contributed by atoms with van der Waals surface area (Å²) in [7, 11) is 0. The normalized spacial score (nSPS) is 12.6. The predicted octanol–water partition coefficient (Wildman–Crippen LogP) is 6.11. The molecular weight excluding hydrogens is 518 g/mol. The molecule has 5 rings (SSSR count). The Morgan fingerprint density at radius 3 is 2.56 bits per heavy atom. The topological polar surface area (TPSA) is 95.9 Å². The van der Waals surface area contributed by atoms with Crippen LogP contribution in [0.3, 0.4) is 0 Å². The van der Waals surface area contributed by atoms with Crippen molar-refractivity contribution in [3.8, 4) is 34.0 Å². The molecule has 3 aromatic rings. The summed E-state index contributed by atoms with van der Waals surface area (Å²) in [4.78, 5) is 21.8. The van der Waals surface area contributed by atoms with E-state index in [1.165, 1.54) is 47.4 Å². The van der Waals surface area contributed by atoms with Crippen LogP contribution in [-0.4, -0.2) is 37.5 Å². The molecule has 0 aliphatic carbocycles. The number of ether oxygens (including phenoxy) is 1. The number of aromatic nitrogens is 5. The number of halogens is 4. The number of rotatable bonds is 7. The first kappa shape index (κ1) is 26.0. The van der Waals surface area contributed by atoms with Crippen LogP contribution in [0.2, 0.25) is 0 Å². The summed E-state index contributed by atoms with van der Waals surface area (Å²) >= 11 is 0.